The molecule has 0 saturated heterocycles. The van der Waals surface area contributed by atoms with Gasteiger partial charge in [0.1, 0.15) is 24.3 Å². The highest BCUT2D eigenvalue weighted by Gasteiger charge is 2.34. The van der Waals surface area contributed by atoms with Crippen molar-refractivity contribution in [2.45, 2.75) is 44.9 Å². The highest BCUT2D eigenvalue weighted by Crippen LogP contribution is 2.39. The highest BCUT2D eigenvalue weighted by molar-refractivity contribution is 6.30. The van der Waals surface area contributed by atoms with Crippen molar-refractivity contribution in [3.05, 3.63) is 107 Å². The predicted molar refractivity (Wildman–Crippen MR) is 138 cm³/mol. The lowest BCUT2D eigenvalue weighted by Gasteiger charge is -2.34. The molecule has 9 heteroatoms. The van der Waals surface area contributed by atoms with Crippen molar-refractivity contribution in [1.82, 2.24) is 20.2 Å². The van der Waals surface area contributed by atoms with Gasteiger partial charge < -0.3 is 10.3 Å². The van der Waals surface area contributed by atoms with Crippen molar-refractivity contribution in [3.8, 4) is 0 Å². The molecule has 3 atom stereocenters. The third kappa shape index (κ3) is 5.05. The van der Waals surface area contributed by atoms with Gasteiger partial charge in [-0.2, -0.15) is 5.10 Å². The SMILES string of the molecule is CC1NN([C@H](C)[C@@H](Cn2cncn2)c2ccc(F)cc2F)c2ccc(NCc3ccc(Cl)cc3)cc21. The number of benzene rings is 3. The number of hydrogen-bond acceptors (Lipinski definition) is 5. The Hall–Kier alpha value is -3.49. The summed E-state index contributed by atoms with van der Waals surface area (Å²) in [5.74, 6) is -1.48. The fourth-order valence-corrected chi connectivity index (χ4v) is 4.87. The van der Waals surface area contributed by atoms with Gasteiger partial charge in [-0.05, 0) is 66.9 Å². The van der Waals surface area contributed by atoms with Crippen LogP contribution in [0.3, 0.4) is 0 Å². The van der Waals surface area contributed by atoms with Gasteiger partial charge in [-0.15, -0.1) is 0 Å². The number of hydrogen-bond donors (Lipinski definition) is 2. The number of anilines is 2. The topological polar surface area (TPSA) is 58.0 Å². The molecule has 1 aromatic heterocycles. The summed E-state index contributed by atoms with van der Waals surface area (Å²) in [5.41, 5.74) is 8.28. The van der Waals surface area contributed by atoms with Gasteiger partial charge in [0.2, 0.25) is 0 Å². The lowest BCUT2D eigenvalue weighted by atomic mass is 9.91. The molecule has 1 unspecified atom stereocenters. The summed E-state index contributed by atoms with van der Waals surface area (Å²) < 4.78 is 30.2. The van der Waals surface area contributed by atoms with E-state index in [0.29, 0.717) is 23.7 Å². The number of hydrazine groups is 1. The highest BCUT2D eigenvalue weighted by atomic mass is 35.5. The Morgan fingerprint density at radius 1 is 1.08 bits per heavy atom. The van der Waals surface area contributed by atoms with Gasteiger partial charge in [0.25, 0.3) is 0 Å². The normalized spacial score (nSPS) is 16.6. The van der Waals surface area contributed by atoms with Crippen molar-refractivity contribution < 1.29 is 8.78 Å². The second-order valence-electron chi connectivity index (χ2n) is 9.10. The first-order valence-electron chi connectivity index (χ1n) is 11.8. The Kier molecular flexibility index (Phi) is 6.89. The van der Waals surface area contributed by atoms with E-state index >= 15 is 0 Å². The van der Waals surface area contributed by atoms with Gasteiger partial charge in [0, 0.05) is 29.2 Å². The van der Waals surface area contributed by atoms with Gasteiger partial charge in [0.15, 0.2) is 0 Å². The van der Waals surface area contributed by atoms with Crippen LogP contribution in [0.2, 0.25) is 5.02 Å². The van der Waals surface area contributed by atoms with Crippen molar-refractivity contribution in [3.63, 3.8) is 0 Å². The van der Waals surface area contributed by atoms with E-state index < -0.39 is 11.6 Å². The van der Waals surface area contributed by atoms with Crippen LogP contribution in [0.25, 0.3) is 0 Å². The number of aromatic nitrogens is 3. The minimum atomic E-state index is -0.597. The molecule has 5 rings (SSSR count). The average molecular weight is 509 g/mol. The van der Waals surface area contributed by atoms with E-state index in [-0.39, 0.29) is 18.0 Å². The van der Waals surface area contributed by atoms with Crippen LogP contribution in [-0.4, -0.2) is 20.8 Å². The second kappa shape index (κ2) is 10.2. The molecule has 0 aliphatic carbocycles. The molecular formula is C27H27ClF2N6. The summed E-state index contributed by atoms with van der Waals surface area (Å²) in [6, 6.07) is 17.6. The Morgan fingerprint density at radius 3 is 2.61 bits per heavy atom. The zero-order valence-electron chi connectivity index (χ0n) is 20.0. The maximum atomic E-state index is 14.9. The summed E-state index contributed by atoms with van der Waals surface area (Å²) in [5, 5.41) is 10.5. The quantitative estimate of drug-likeness (QED) is 0.302. The van der Waals surface area contributed by atoms with Gasteiger partial charge >= 0.3 is 0 Å². The molecule has 1 aliphatic heterocycles. The second-order valence-corrected chi connectivity index (χ2v) is 9.54. The summed E-state index contributed by atoms with van der Waals surface area (Å²) >= 11 is 5.99. The smallest absolute Gasteiger partial charge is 0.137 e. The Balaban J connectivity index is 1.40. The van der Waals surface area contributed by atoms with Crippen LogP contribution in [0.1, 0.15) is 42.5 Å². The first kappa shape index (κ1) is 24.2. The summed E-state index contributed by atoms with van der Waals surface area (Å²) in [4.78, 5) is 4.02. The lowest BCUT2D eigenvalue weighted by molar-refractivity contribution is 0.395. The van der Waals surface area contributed by atoms with E-state index in [9.17, 15) is 8.78 Å². The van der Waals surface area contributed by atoms with Gasteiger partial charge in [-0.25, -0.2) is 19.2 Å². The molecule has 2 heterocycles. The molecule has 6 nitrogen and oxygen atoms in total. The van der Waals surface area contributed by atoms with E-state index in [1.807, 2.05) is 37.3 Å². The average Bonchev–Trinajstić information content (AvgIpc) is 3.50. The van der Waals surface area contributed by atoms with Crippen LogP contribution in [0, 0.1) is 11.6 Å². The van der Waals surface area contributed by atoms with Crippen molar-refractivity contribution in [1.29, 1.82) is 0 Å². The van der Waals surface area contributed by atoms with Crippen molar-refractivity contribution in [2.24, 2.45) is 0 Å². The number of rotatable bonds is 8. The molecule has 0 bridgehead atoms. The number of fused-ring (bicyclic) bond motifs is 1. The third-order valence-electron chi connectivity index (χ3n) is 6.70. The Morgan fingerprint density at radius 2 is 1.89 bits per heavy atom. The molecule has 186 valence electrons. The zero-order valence-corrected chi connectivity index (χ0v) is 20.8. The fraction of sp³-hybridized carbons (Fsp3) is 0.259. The molecule has 3 aromatic carbocycles. The molecule has 4 aromatic rings. The molecule has 2 N–H and O–H groups in total. The zero-order chi connectivity index (χ0) is 25.2. The maximum absolute atomic E-state index is 14.9. The molecule has 0 saturated carbocycles. The molecule has 0 radical (unpaired) electrons. The Labute approximate surface area is 213 Å². The van der Waals surface area contributed by atoms with Crippen molar-refractivity contribution in [2.75, 3.05) is 10.3 Å². The van der Waals surface area contributed by atoms with Crippen LogP contribution in [0.5, 0.6) is 0 Å². The molecule has 0 amide bonds. The summed E-state index contributed by atoms with van der Waals surface area (Å²) in [6.45, 7) is 5.21. The maximum Gasteiger partial charge on any atom is 0.137 e. The predicted octanol–water partition coefficient (Wildman–Crippen LogP) is 6.08. The largest absolute Gasteiger partial charge is 0.381 e. The first-order chi connectivity index (χ1) is 17.4. The molecular weight excluding hydrogens is 482 g/mol. The lowest BCUT2D eigenvalue weighted by Crippen LogP contribution is -2.45. The number of halogens is 3. The van der Waals surface area contributed by atoms with Gasteiger partial charge in [-0.1, -0.05) is 29.8 Å². The van der Waals surface area contributed by atoms with E-state index in [1.54, 1.807) is 11.0 Å². The van der Waals surface area contributed by atoms with Crippen LogP contribution in [-0.2, 0) is 13.1 Å². The van der Waals surface area contributed by atoms with Gasteiger partial charge in [-0.3, -0.25) is 4.68 Å². The van der Waals surface area contributed by atoms with Crippen LogP contribution < -0.4 is 15.8 Å². The van der Waals surface area contributed by atoms with E-state index in [2.05, 4.69) is 44.9 Å². The third-order valence-corrected chi connectivity index (χ3v) is 6.95. The number of nitrogens with zero attached hydrogens (tertiary/aromatic N) is 4. The van der Waals surface area contributed by atoms with Crippen LogP contribution in [0.15, 0.2) is 73.3 Å². The summed E-state index contributed by atoms with van der Waals surface area (Å²) in [7, 11) is 0. The van der Waals surface area contributed by atoms with E-state index in [4.69, 9.17) is 11.6 Å². The molecule has 0 fully saturated rings. The van der Waals surface area contributed by atoms with E-state index in [1.165, 1.54) is 18.5 Å². The van der Waals surface area contributed by atoms with E-state index in [0.717, 1.165) is 28.6 Å². The molecule has 0 spiro atoms. The molecule has 36 heavy (non-hydrogen) atoms. The monoisotopic (exact) mass is 508 g/mol. The minimum absolute atomic E-state index is 0.0600. The number of nitrogens with one attached hydrogen (secondary N) is 2. The summed E-state index contributed by atoms with van der Waals surface area (Å²) in [6.07, 6.45) is 3.06. The van der Waals surface area contributed by atoms with Crippen molar-refractivity contribution >= 4 is 23.0 Å². The standard InChI is InChI=1S/C27H27ClF2N6/c1-17-24-12-22(32-13-19-3-5-20(28)6-4-19)8-10-27(24)36(34-17)18(2)25(14-35-16-31-15-33-35)23-9-7-21(29)11-26(23)30/h3-12,15-18,25,32,34H,13-14H2,1-2H3/t17?,18-,25-/m1/s1. The minimum Gasteiger partial charge on any atom is -0.381 e. The van der Waals surface area contributed by atoms with Crippen LogP contribution in [0.4, 0.5) is 20.2 Å². The fourth-order valence-electron chi connectivity index (χ4n) is 4.74. The first-order valence-corrected chi connectivity index (χ1v) is 12.2. The molecule has 1 aliphatic rings. The van der Waals surface area contributed by atoms with Crippen LogP contribution >= 0.6 is 11.6 Å². The Bertz CT molecular complexity index is 1330. The van der Waals surface area contributed by atoms with Gasteiger partial charge in [0.05, 0.1) is 24.3 Å².